The molecule has 0 radical (unpaired) electrons. The van der Waals surface area contributed by atoms with Crippen molar-refractivity contribution in [1.82, 2.24) is 10.3 Å². The number of amides is 1. The third-order valence-electron chi connectivity index (χ3n) is 3.91. The number of hydrogen-bond donors (Lipinski definition) is 3. The van der Waals surface area contributed by atoms with Crippen LogP contribution in [0, 0.1) is 0 Å². The standard InChI is InChI=1S/C15H23N3O2/c1-15(20)7-2-9-18(10-8-15)11-12-3-5-13(6-4-12)14(19)17-16/h3-6,20H,2,7-11,16H2,1H3,(H,17,19). The molecule has 1 saturated heterocycles. The van der Waals surface area contributed by atoms with Crippen LogP contribution in [0.4, 0.5) is 0 Å². The summed E-state index contributed by atoms with van der Waals surface area (Å²) in [6.45, 7) is 4.66. The zero-order chi connectivity index (χ0) is 14.6. The molecule has 5 nitrogen and oxygen atoms in total. The van der Waals surface area contributed by atoms with E-state index in [0.29, 0.717) is 5.56 Å². The highest BCUT2D eigenvalue weighted by Crippen LogP contribution is 2.22. The summed E-state index contributed by atoms with van der Waals surface area (Å²) in [6.07, 6.45) is 2.68. The van der Waals surface area contributed by atoms with Gasteiger partial charge >= 0.3 is 0 Å². The normalized spacial score (nSPS) is 24.1. The number of benzene rings is 1. The van der Waals surface area contributed by atoms with Crippen LogP contribution < -0.4 is 11.3 Å². The van der Waals surface area contributed by atoms with Crippen molar-refractivity contribution in [3.8, 4) is 0 Å². The Morgan fingerprint density at radius 2 is 2.05 bits per heavy atom. The van der Waals surface area contributed by atoms with Gasteiger partial charge in [0.05, 0.1) is 5.60 Å². The second-order valence-corrected chi connectivity index (χ2v) is 5.80. The molecule has 110 valence electrons. The van der Waals surface area contributed by atoms with Crippen LogP contribution in [0.25, 0.3) is 0 Å². The molecule has 1 heterocycles. The van der Waals surface area contributed by atoms with Gasteiger partial charge in [-0.25, -0.2) is 5.84 Å². The van der Waals surface area contributed by atoms with Gasteiger partial charge in [0.2, 0.25) is 0 Å². The molecule has 0 saturated carbocycles. The lowest BCUT2D eigenvalue weighted by atomic mass is 9.98. The van der Waals surface area contributed by atoms with Crippen LogP contribution in [-0.4, -0.2) is 34.6 Å². The van der Waals surface area contributed by atoms with E-state index in [1.165, 1.54) is 5.56 Å². The largest absolute Gasteiger partial charge is 0.390 e. The van der Waals surface area contributed by atoms with Crippen LogP contribution in [0.1, 0.15) is 42.1 Å². The monoisotopic (exact) mass is 277 g/mol. The second-order valence-electron chi connectivity index (χ2n) is 5.80. The first-order chi connectivity index (χ1) is 9.50. The summed E-state index contributed by atoms with van der Waals surface area (Å²) in [4.78, 5) is 13.7. The Labute approximate surface area is 119 Å². The quantitative estimate of drug-likeness (QED) is 0.438. The minimum atomic E-state index is -0.530. The molecule has 1 aliphatic heterocycles. The molecule has 1 atom stereocenters. The number of carbonyl (C=O) groups excluding carboxylic acids is 1. The summed E-state index contributed by atoms with van der Waals surface area (Å²) >= 11 is 0. The van der Waals surface area contributed by atoms with Crippen molar-refractivity contribution in [2.45, 2.75) is 38.3 Å². The minimum absolute atomic E-state index is 0.276. The molecule has 1 aromatic carbocycles. The van der Waals surface area contributed by atoms with Gasteiger partial charge in [-0.2, -0.15) is 0 Å². The molecule has 1 aliphatic rings. The van der Waals surface area contributed by atoms with Gasteiger partial charge in [0, 0.05) is 18.7 Å². The van der Waals surface area contributed by atoms with Gasteiger partial charge in [0.1, 0.15) is 0 Å². The van der Waals surface area contributed by atoms with Crippen LogP contribution in [0.15, 0.2) is 24.3 Å². The summed E-state index contributed by atoms with van der Waals surface area (Å²) in [6, 6.07) is 7.47. The van der Waals surface area contributed by atoms with Crippen molar-refractivity contribution in [2.75, 3.05) is 13.1 Å². The van der Waals surface area contributed by atoms with Crippen LogP contribution in [0.5, 0.6) is 0 Å². The fourth-order valence-electron chi connectivity index (χ4n) is 2.58. The average molecular weight is 277 g/mol. The molecule has 0 spiro atoms. The second kappa shape index (κ2) is 6.35. The number of nitrogens with one attached hydrogen (secondary N) is 1. The van der Waals surface area contributed by atoms with Crippen molar-refractivity contribution in [2.24, 2.45) is 5.84 Å². The predicted octanol–water partition coefficient (Wildman–Crippen LogP) is 1.03. The van der Waals surface area contributed by atoms with E-state index < -0.39 is 5.60 Å². The molecule has 1 amide bonds. The highest BCUT2D eigenvalue weighted by atomic mass is 16.3. The van der Waals surface area contributed by atoms with E-state index in [9.17, 15) is 9.90 Å². The topological polar surface area (TPSA) is 78.6 Å². The summed E-state index contributed by atoms with van der Waals surface area (Å²) in [5.74, 6) is 4.83. The van der Waals surface area contributed by atoms with Gasteiger partial charge in [-0.3, -0.25) is 15.1 Å². The molecule has 0 bridgehead atoms. The maximum Gasteiger partial charge on any atom is 0.265 e. The van der Waals surface area contributed by atoms with Crippen molar-refractivity contribution in [3.63, 3.8) is 0 Å². The van der Waals surface area contributed by atoms with Crippen LogP contribution >= 0.6 is 0 Å². The highest BCUT2D eigenvalue weighted by Gasteiger charge is 2.24. The molecule has 1 unspecified atom stereocenters. The SMILES string of the molecule is CC1(O)CCCN(Cc2ccc(C(=O)NN)cc2)CC1. The molecule has 0 aliphatic carbocycles. The molecule has 1 aromatic rings. The Hall–Kier alpha value is -1.43. The summed E-state index contributed by atoms with van der Waals surface area (Å²) < 4.78 is 0. The maximum absolute atomic E-state index is 11.4. The fraction of sp³-hybridized carbons (Fsp3) is 0.533. The molecule has 2 rings (SSSR count). The van der Waals surface area contributed by atoms with Crippen LogP contribution in [0.2, 0.25) is 0 Å². The number of hydrazine groups is 1. The van der Waals surface area contributed by atoms with Gasteiger partial charge in [-0.05, 0) is 50.4 Å². The van der Waals surface area contributed by atoms with Crippen molar-refractivity contribution in [1.29, 1.82) is 0 Å². The van der Waals surface area contributed by atoms with Gasteiger partial charge in [0.25, 0.3) is 5.91 Å². The lowest BCUT2D eigenvalue weighted by Crippen LogP contribution is -2.30. The molecular formula is C15H23N3O2. The Kier molecular flexibility index (Phi) is 4.75. The summed E-state index contributed by atoms with van der Waals surface area (Å²) in [5.41, 5.74) is 3.32. The number of rotatable bonds is 3. The van der Waals surface area contributed by atoms with E-state index in [1.807, 2.05) is 19.1 Å². The average Bonchev–Trinajstić information content (AvgIpc) is 2.60. The van der Waals surface area contributed by atoms with Gasteiger partial charge < -0.3 is 5.11 Å². The molecule has 4 N–H and O–H groups in total. The van der Waals surface area contributed by atoms with E-state index in [2.05, 4.69) is 10.3 Å². The van der Waals surface area contributed by atoms with Crippen molar-refractivity contribution < 1.29 is 9.90 Å². The number of nitrogens with two attached hydrogens (primary N) is 1. The van der Waals surface area contributed by atoms with Crippen molar-refractivity contribution in [3.05, 3.63) is 35.4 Å². The third-order valence-corrected chi connectivity index (χ3v) is 3.91. The number of carbonyl (C=O) groups is 1. The first kappa shape index (κ1) is 15.0. The molecular weight excluding hydrogens is 254 g/mol. The Bertz CT molecular complexity index is 457. The predicted molar refractivity (Wildman–Crippen MR) is 77.8 cm³/mol. The van der Waals surface area contributed by atoms with E-state index in [4.69, 9.17) is 5.84 Å². The van der Waals surface area contributed by atoms with Crippen LogP contribution in [-0.2, 0) is 6.54 Å². The lowest BCUT2D eigenvalue weighted by Gasteiger charge is -2.22. The smallest absolute Gasteiger partial charge is 0.265 e. The first-order valence-electron chi connectivity index (χ1n) is 7.05. The zero-order valence-corrected chi connectivity index (χ0v) is 11.9. The fourth-order valence-corrected chi connectivity index (χ4v) is 2.58. The number of aliphatic hydroxyl groups is 1. The number of nitrogen functional groups attached to an aromatic ring is 1. The Balaban J connectivity index is 1.94. The Morgan fingerprint density at radius 3 is 2.70 bits per heavy atom. The molecule has 0 aromatic heterocycles. The van der Waals surface area contributed by atoms with Gasteiger partial charge in [0.15, 0.2) is 0 Å². The van der Waals surface area contributed by atoms with Gasteiger partial charge in [-0.15, -0.1) is 0 Å². The minimum Gasteiger partial charge on any atom is -0.390 e. The molecule has 1 fully saturated rings. The third kappa shape index (κ3) is 4.03. The molecule has 20 heavy (non-hydrogen) atoms. The van der Waals surface area contributed by atoms with E-state index in [1.54, 1.807) is 12.1 Å². The van der Waals surface area contributed by atoms with Gasteiger partial charge in [-0.1, -0.05) is 12.1 Å². The zero-order valence-electron chi connectivity index (χ0n) is 11.9. The summed E-state index contributed by atoms with van der Waals surface area (Å²) in [7, 11) is 0. The maximum atomic E-state index is 11.4. The first-order valence-corrected chi connectivity index (χ1v) is 7.05. The summed E-state index contributed by atoms with van der Waals surface area (Å²) in [5, 5.41) is 10.1. The number of likely N-dealkylation sites (tertiary alicyclic amines) is 1. The number of hydrogen-bond acceptors (Lipinski definition) is 4. The van der Waals surface area contributed by atoms with E-state index in [0.717, 1.165) is 38.9 Å². The van der Waals surface area contributed by atoms with E-state index in [-0.39, 0.29) is 5.91 Å². The molecule has 5 heteroatoms. The lowest BCUT2D eigenvalue weighted by molar-refractivity contribution is 0.0444. The van der Waals surface area contributed by atoms with Crippen LogP contribution in [0.3, 0.4) is 0 Å². The Morgan fingerprint density at radius 1 is 1.35 bits per heavy atom. The van der Waals surface area contributed by atoms with E-state index >= 15 is 0 Å². The highest BCUT2D eigenvalue weighted by molar-refractivity contribution is 5.93. The van der Waals surface area contributed by atoms with Crippen molar-refractivity contribution >= 4 is 5.91 Å². The number of nitrogens with zero attached hydrogens (tertiary/aromatic N) is 1.